The molecule has 0 N–H and O–H groups in total. The van der Waals surface area contributed by atoms with E-state index in [0.717, 1.165) is 17.0 Å². The number of carbonyl (C=O) groups is 1. The van der Waals surface area contributed by atoms with E-state index in [1.807, 2.05) is 19.9 Å². The van der Waals surface area contributed by atoms with Gasteiger partial charge in [-0.2, -0.15) is 10.4 Å². The Morgan fingerprint density at radius 1 is 1.53 bits per heavy atom. The summed E-state index contributed by atoms with van der Waals surface area (Å²) in [6, 6.07) is 2.05. The maximum atomic E-state index is 11.6. The fraction of sp³-hybridized carbons (Fsp3) is 0.385. The number of aryl methyl sites for hydroxylation is 2. The molecule has 0 aromatic carbocycles. The highest BCUT2D eigenvalue weighted by molar-refractivity contribution is 5.73. The zero-order valence-corrected chi connectivity index (χ0v) is 11.1. The molecule has 0 atom stereocenters. The van der Waals surface area contributed by atoms with Crippen LogP contribution in [0.5, 0.6) is 0 Å². The molecule has 6 nitrogen and oxygen atoms in total. The Balaban J connectivity index is 2.52. The fourth-order valence-electron chi connectivity index (χ4n) is 2.00. The van der Waals surface area contributed by atoms with Crippen LogP contribution < -0.4 is 0 Å². The van der Waals surface area contributed by atoms with Crippen molar-refractivity contribution in [3.05, 3.63) is 28.7 Å². The molecule has 0 aliphatic rings. The first-order valence-electron chi connectivity index (χ1n) is 5.98. The minimum absolute atomic E-state index is 0.163. The first-order valence-corrected chi connectivity index (χ1v) is 5.98. The van der Waals surface area contributed by atoms with Gasteiger partial charge in [-0.25, -0.2) is 9.50 Å². The summed E-state index contributed by atoms with van der Waals surface area (Å²) in [6.45, 7) is 5.79. The van der Waals surface area contributed by atoms with E-state index in [4.69, 9.17) is 10.00 Å². The third-order valence-electron chi connectivity index (χ3n) is 2.96. The molecule has 0 fully saturated rings. The largest absolute Gasteiger partial charge is 0.466 e. The van der Waals surface area contributed by atoms with E-state index in [-0.39, 0.29) is 12.4 Å². The van der Waals surface area contributed by atoms with E-state index in [1.54, 1.807) is 11.4 Å². The van der Waals surface area contributed by atoms with Gasteiger partial charge in [0.25, 0.3) is 0 Å². The molecule has 0 spiro atoms. The molecule has 0 unspecified atom stereocenters. The van der Waals surface area contributed by atoms with E-state index in [0.29, 0.717) is 17.8 Å². The van der Waals surface area contributed by atoms with Gasteiger partial charge in [0.2, 0.25) is 0 Å². The van der Waals surface area contributed by atoms with E-state index in [9.17, 15) is 4.79 Å². The number of ether oxygens (including phenoxy) is 1. The average Bonchev–Trinajstić information content (AvgIpc) is 2.77. The van der Waals surface area contributed by atoms with Crippen LogP contribution >= 0.6 is 0 Å². The van der Waals surface area contributed by atoms with Crippen LogP contribution in [0.3, 0.4) is 0 Å². The molecule has 19 heavy (non-hydrogen) atoms. The molecule has 2 rings (SSSR count). The van der Waals surface area contributed by atoms with Crippen LogP contribution in [0.2, 0.25) is 0 Å². The number of nitrogens with zero attached hydrogens (tertiary/aromatic N) is 4. The van der Waals surface area contributed by atoms with Gasteiger partial charge in [0.1, 0.15) is 11.6 Å². The van der Waals surface area contributed by atoms with Crippen molar-refractivity contribution in [3.8, 4) is 6.07 Å². The minimum atomic E-state index is -0.289. The Labute approximate surface area is 110 Å². The van der Waals surface area contributed by atoms with Crippen molar-refractivity contribution in [3.63, 3.8) is 0 Å². The van der Waals surface area contributed by atoms with Crippen molar-refractivity contribution in [1.29, 1.82) is 5.26 Å². The third kappa shape index (κ3) is 2.27. The summed E-state index contributed by atoms with van der Waals surface area (Å²) in [4.78, 5) is 15.9. The van der Waals surface area contributed by atoms with Crippen LogP contribution in [-0.4, -0.2) is 27.2 Å². The number of fused-ring (bicyclic) bond motifs is 1. The van der Waals surface area contributed by atoms with Crippen LogP contribution in [0.4, 0.5) is 0 Å². The number of hydrogen-bond acceptors (Lipinski definition) is 5. The second kappa shape index (κ2) is 5.06. The number of hydrogen-bond donors (Lipinski definition) is 0. The van der Waals surface area contributed by atoms with Crippen molar-refractivity contribution in [2.45, 2.75) is 27.2 Å². The molecular weight excluding hydrogens is 244 g/mol. The molecule has 0 saturated carbocycles. The van der Waals surface area contributed by atoms with Gasteiger partial charge in [0.05, 0.1) is 19.2 Å². The fourth-order valence-corrected chi connectivity index (χ4v) is 2.00. The third-order valence-corrected chi connectivity index (χ3v) is 2.96. The van der Waals surface area contributed by atoms with Crippen LogP contribution in [0.25, 0.3) is 5.65 Å². The molecule has 98 valence electrons. The van der Waals surface area contributed by atoms with E-state index >= 15 is 0 Å². The van der Waals surface area contributed by atoms with Crippen molar-refractivity contribution in [2.24, 2.45) is 0 Å². The minimum Gasteiger partial charge on any atom is -0.466 e. The number of rotatable bonds is 3. The van der Waals surface area contributed by atoms with Crippen molar-refractivity contribution < 1.29 is 9.53 Å². The molecule has 6 heteroatoms. The Morgan fingerprint density at radius 2 is 2.26 bits per heavy atom. The Bertz CT molecular complexity index is 682. The van der Waals surface area contributed by atoms with Gasteiger partial charge in [0.15, 0.2) is 5.65 Å². The van der Waals surface area contributed by atoms with Crippen molar-refractivity contribution in [2.75, 3.05) is 6.61 Å². The molecule has 0 radical (unpaired) electrons. The quantitative estimate of drug-likeness (QED) is 0.776. The lowest BCUT2D eigenvalue weighted by molar-refractivity contribution is -0.142. The van der Waals surface area contributed by atoms with Crippen molar-refractivity contribution >= 4 is 11.6 Å². The van der Waals surface area contributed by atoms with Gasteiger partial charge < -0.3 is 4.74 Å². The highest BCUT2D eigenvalue weighted by Crippen LogP contribution is 2.17. The number of carbonyl (C=O) groups excluding carboxylic acids is 1. The summed E-state index contributed by atoms with van der Waals surface area (Å²) in [5.41, 5.74) is 3.25. The maximum absolute atomic E-state index is 11.6. The summed E-state index contributed by atoms with van der Waals surface area (Å²) in [5.74, 6) is -0.289. The van der Waals surface area contributed by atoms with Crippen LogP contribution in [-0.2, 0) is 16.0 Å². The van der Waals surface area contributed by atoms with Gasteiger partial charge in [-0.3, -0.25) is 4.79 Å². The summed E-state index contributed by atoms with van der Waals surface area (Å²) in [5, 5.41) is 13.1. The smallest absolute Gasteiger partial charge is 0.310 e. The standard InChI is InChI=1S/C13H14N4O2/c1-4-19-12(18)5-11-8(2)16-13-10(6-14)7-15-17(13)9(11)3/h7H,4-5H2,1-3H3. The lowest BCUT2D eigenvalue weighted by Crippen LogP contribution is -2.13. The zero-order chi connectivity index (χ0) is 14.0. The molecule has 0 saturated heterocycles. The number of aromatic nitrogens is 3. The van der Waals surface area contributed by atoms with E-state index in [1.165, 1.54) is 6.20 Å². The molecule has 0 bridgehead atoms. The normalized spacial score (nSPS) is 10.4. The first kappa shape index (κ1) is 13.0. The van der Waals surface area contributed by atoms with Gasteiger partial charge in [-0.05, 0) is 20.8 Å². The van der Waals surface area contributed by atoms with E-state index < -0.39 is 0 Å². The van der Waals surface area contributed by atoms with Gasteiger partial charge in [0, 0.05) is 17.0 Å². The number of esters is 1. The van der Waals surface area contributed by atoms with Gasteiger partial charge in [-0.1, -0.05) is 0 Å². The molecule has 0 amide bonds. The zero-order valence-electron chi connectivity index (χ0n) is 11.1. The van der Waals surface area contributed by atoms with Crippen LogP contribution in [0.1, 0.15) is 29.4 Å². The molecule has 2 aromatic rings. The second-order valence-corrected chi connectivity index (χ2v) is 4.15. The first-order chi connectivity index (χ1) is 9.08. The topological polar surface area (TPSA) is 80.3 Å². The van der Waals surface area contributed by atoms with E-state index in [2.05, 4.69) is 10.1 Å². The van der Waals surface area contributed by atoms with Crippen molar-refractivity contribution in [1.82, 2.24) is 14.6 Å². The maximum Gasteiger partial charge on any atom is 0.310 e. The monoisotopic (exact) mass is 258 g/mol. The van der Waals surface area contributed by atoms with Crippen LogP contribution in [0.15, 0.2) is 6.20 Å². The Morgan fingerprint density at radius 3 is 2.89 bits per heavy atom. The molecule has 2 aromatic heterocycles. The molecular formula is C13H14N4O2. The summed E-state index contributed by atoms with van der Waals surface area (Å²) in [6.07, 6.45) is 1.64. The van der Waals surface area contributed by atoms with Gasteiger partial charge >= 0.3 is 5.97 Å². The molecule has 0 aliphatic carbocycles. The highest BCUT2D eigenvalue weighted by atomic mass is 16.5. The highest BCUT2D eigenvalue weighted by Gasteiger charge is 2.16. The summed E-state index contributed by atoms with van der Waals surface area (Å²) >= 11 is 0. The molecule has 2 heterocycles. The second-order valence-electron chi connectivity index (χ2n) is 4.15. The lowest BCUT2D eigenvalue weighted by atomic mass is 10.1. The summed E-state index contributed by atoms with van der Waals surface area (Å²) < 4.78 is 6.53. The predicted molar refractivity (Wildman–Crippen MR) is 67.5 cm³/mol. The Hall–Kier alpha value is -2.42. The number of nitriles is 1. The Kier molecular flexibility index (Phi) is 3.47. The predicted octanol–water partition coefficient (Wildman–Crippen LogP) is 1.32. The SMILES string of the molecule is CCOC(=O)Cc1c(C)nc2c(C#N)cnn2c1C. The van der Waals surface area contributed by atoms with Gasteiger partial charge in [-0.15, -0.1) is 0 Å². The summed E-state index contributed by atoms with van der Waals surface area (Å²) in [7, 11) is 0. The molecule has 0 aliphatic heterocycles. The lowest BCUT2D eigenvalue weighted by Gasteiger charge is -2.10. The average molecular weight is 258 g/mol. The van der Waals surface area contributed by atoms with Crippen LogP contribution in [0, 0.1) is 25.2 Å².